The molecule has 4 heteroatoms. The Bertz CT molecular complexity index is 711. The topological polar surface area (TPSA) is 29.0 Å². The van der Waals surface area contributed by atoms with Crippen molar-refractivity contribution < 1.29 is 0 Å². The van der Waals surface area contributed by atoms with Crippen molar-refractivity contribution in [2.24, 2.45) is 0 Å². The Morgan fingerprint density at radius 3 is 2.40 bits per heavy atom. The quantitative estimate of drug-likeness (QED) is 0.691. The Labute approximate surface area is 155 Å². The van der Waals surface area contributed by atoms with Crippen LogP contribution in [0.5, 0.6) is 0 Å². The molecule has 2 aromatic heterocycles. The molecule has 0 amide bonds. The number of aromatic nitrogens is 2. The number of nitrogens with zero attached hydrogens (tertiary/aromatic N) is 3. The zero-order valence-electron chi connectivity index (χ0n) is 15.8. The molecule has 0 spiro atoms. The van der Waals surface area contributed by atoms with Crippen LogP contribution in [-0.4, -0.2) is 28.0 Å². The minimum atomic E-state index is 0.732. The Balaban J connectivity index is 1.59. The molecule has 2 heterocycles. The Hall–Kier alpha value is -1.00. The summed E-state index contributed by atoms with van der Waals surface area (Å²) in [4.78, 5) is 14.9. The molecule has 0 aromatic carbocycles. The van der Waals surface area contributed by atoms with Gasteiger partial charge < -0.3 is 0 Å². The van der Waals surface area contributed by atoms with Crippen molar-refractivity contribution in [2.45, 2.75) is 89.6 Å². The van der Waals surface area contributed by atoms with E-state index in [1.54, 1.807) is 4.88 Å². The van der Waals surface area contributed by atoms with Crippen molar-refractivity contribution >= 4 is 21.6 Å². The van der Waals surface area contributed by atoms with E-state index in [2.05, 4.69) is 18.0 Å². The summed E-state index contributed by atoms with van der Waals surface area (Å²) in [7, 11) is 2.29. The van der Waals surface area contributed by atoms with Crippen LogP contribution in [0.4, 0.5) is 0 Å². The molecule has 4 rings (SSSR count). The third-order valence-electron chi connectivity index (χ3n) is 6.21. The lowest BCUT2D eigenvalue weighted by molar-refractivity contribution is 0.183. The van der Waals surface area contributed by atoms with E-state index in [1.807, 2.05) is 18.3 Å². The van der Waals surface area contributed by atoms with Gasteiger partial charge in [0.05, 0.1) is 5.69 Å². The van der Waals surface area contributed by atoms with Crippen LogP contribution < -0.4 is 0 Å². The summed E-state index contributed by atoms with van der Waals surface area (Å²) in [5.41, 5.74) is 1.24. The van der Waals surface area contributed by atoms with Crippen LogP contribution in [0.2, 0.25) is 0 Å². The molecule has 0 atom stereocenters. The molecule has 0 unspecified atom stereocenters. The highest BCUT2D eigenvalue weighted by Gasteiger charge is 2.22. The molecular formula is C21H31N3S. The van der Waals surface area contributed by atoms with Gasteiger partial charge in [0, 0.05) is 22.8 Å². The zero-order chi connectivity index (χ0) is 17.2. The summed E-state index contributed by atoms with van der Waals surface area (Å²) in [5.74, 6) is 1.69. The molecule has 0 radical (unpaired) electrons. The van der Waals surface area contributed by atoms with Crippen molar-refractivity contribution in [1.29, 1.82) is 0 Å². The van der Waals surface area contributed by atoms with Crippen LogP contribution in [0.3, 0.4) is 0 Å². The highest BCUT2D eigenvalue weighted by atomic mass is 32.1. The maximum Gasteiger partial charge on any atom is 0.127 e. The van der Waals surface area contributed by atoms with E-state index in [9.17, 15) is 0 Å². The van der Waals surface area contributed by atoms with Crippen molar-refractivity contribution in [1.82, 2.24) is 14.9 Å². The summed E-state index contributed by atoms with van der Waals surface area (Å²) in [6, 6.07) is 3.16. The first-order valence-corrected chi connectivity index (χ1v) is 11.0. The maximum atomic E-state index is 4.85. The highest BCUT2D eigenvalue weighted by molar-refractivity contribution is 7.18. The Morgan fingerprint density at radius 1 is 1.00 bits per heavy atom. The van der Waals surface area contributed by atoms with E-state index < -0.39 is 0 Å². The number of rotatable bonds is 4. The fourth-order valence-corrected chi connectivity index (χ4v) is 5.98. The molecule has 0 aliphatic heterocycles. The highest BCUT2D eigenvalue weighted by Crippen LogP contribution is 2.39. The molecule has 2 aliphatic rings. The second-order valence-corrected chi connectivity index (χ2v) is 9.19. The van der Waals surface area contributed by atoms with Gasteiger partial charge in [0.15, 0.2) is 0 Å². The Morgan fingerprint density at radius 2 is 1.68 bits per heavy atom. The largest absolute Gasteiger partial charge is 0.298 e. The SMILES string of the molecule is Cc1nc(CN(C)C2CCCCC2)c2cc(C3CCCCC3)sc2n1. The van der Waals surface area contributed by atoms with Gasteiger partial charge in [-0.05, 0) is 51.6 Å². The molecule has 0 N–H and O–H groups in total. The van der Waals surface area contributed by atoms with E-state index >= 15 is 0 Å². The summed E-state index contributed by atoms with van der Waals surface area (Å²) in [5, 5.41) is 1.32. The van der Waals surface area contributed by atoms with Crippen LogP contribution in [0, 0.1) is 6.92 Å². The number of thiophene rings is 1. The van der Waals surface area contributed by atoms with Crippen molar-refractivity contribution in [3.63, 3.8) is 0 Å². The van der Waals surface area contributed by atoms with Crippen LogP contribution >= 0.6 is 11.3 Å². The molecule has 3 nitrogen and oxygen atoms in total. The molecule has 25 heavy (non-hydrogen) atoms. The van der Waals surface area contributed by atoms with Gasteiger partial charge in [0.25, 0.3) is 0 Å². The predicted octanol–water partition coefficient (Wildman–Crippen LogP) is 5.81. The lowest BCUT2D eigenvalue weighted by Crippen LogP contribution is -2.33. The summed E-state index contributed by atoms with van der Waals surface area (Å²) in [6.45, 7) is 3.01. The van der Waals surface area contributed by atoms with Gasteiger partial charge >= 0.3 is 0 Å². The minimum absolute atomic E-state index is 0.732. The third-order valence-corrected chi connectivity index (χ3v) is 7.40. The van der Waals surface area contributed by atoms with E-state index in [4.69, 9.17) is 9.97 Å². The second kappa shape index (κ2) is 7.71. The first-order valence-electron chi connectivity index (χ1n) is 10.2. The van der Waals surface area contributed by atoms with Gasteiger partial charge in [-0.3, -0.25) is 4.90 Å². The summed E-state index contributed by atoms with van der Waals surface area (Å²) >= 11 is 1.93. The molecule has 2 fully saturated rings. The minimum Gasteiger partial charge on any atom is -0.298 e. The summed E-state index contributed by atoms with van der Waals surface area (Å²) < 4.78 is 0. The van der Waals surface area contributed by atoms with Crippen LogP contribution in [0.15, 0.2) is 6.07 Å². The Kier molecular flexibility index (Phi) is 5.37. The lowest BCUT2D eigenvalue weighted by Gasteiger charge is -2.31. The first-order chi connectivity index (χ1) is 12.2. The fraction of sp³-hybridized carbons (Fsp3) is 0.714. The molecule has 2 aromatic rings. The predicted molar refractivity (Wildman–Crippen MR) is 106 cm³/mol. The molecule has 136 valence electrons. The number of hydrogen-bond acceptors (Lipinski definition) is 4. The van der Waals surface area contributed by atoms with Crippen molar-refractivity contribution in [2.75, 3.05) is 7.05 Å². The number of hydrogen-bond donors (Lipinski definition) is 0. The third kappa shape index (κ3) is 3.90. The molecule has 2 saturated carbocycles. The average Bonchev–Trinajstić information content (AvgIpc) is 3.07. The lowest BCUT2D eigenvalue weighted by atomic mass is 9.88. The molecule has 0 saturated heterocycles. The van der Waals surface area contributed by atoms with Gasteiger partial charge in [-0.15, -0.1) is 11.3 Å². The van der Waals surface area contributed by atoms with Gasteiger partial charge in [-0.1, -0.05) is 38.5 Å². The smallest absolute Gasteiger partial charge is 0.127 e. The van der Waals surface area contributed by atoms with Crippen molar-refractivity contribution in [3.8, 4) is 0 Å². The second-order valence-electron chi connectivity index (χ2n) is 8.13. The molecule has 0 bridgehead atoms. The maximum absolute atomic E-state index is 4.85. The summed E-state index contributed by atoms with van der Waals surface area (Å²) in [6.07, 6.45) is 13.8. The van der Waals surface area contributed by atoms with E-state index in [0.29, 0.717) is 0 Å². The molecular weight excluding hydrogens is 326 g/mol. The van der Waals surface area contributed by atoms with Gasteiger partial charge in [-0.2, -0.15) is 0 Å². The average molecular weight is 358 g/mol. The van der Waals surface area contributed by atoms with Gasteiger partial charge in [0.2, 0.25) is 0 Å². The molecule has 2 aliphatic carbocycles. The van der Waals surface area contributed by atoms with Crippen molar-refractivity contribution in [3.05, 3.63) is 22.5 Å². The normalized spacial score (nSPS) is 20.6. The van der Waals surface area contributed by atoms with Crippen LogP contribution in [0.1, 0.15) is 86.5 Å². The van der Waals surface area contributed by atoms with Gasteiger partial charge in [0.1, 0.15) is 10.7 Å². The number of fused-ring (bicyclic) bond motifs is 1. The van der Waals surface area contributed by atoms with E-state index in [1.165, 1.54) is 80.1 Å². The van der Waals surface area contributed by atoms with Gasteiger partial charge in [-0.25, -0.2) is 9.97 Å². The monoisotopic (exact) mass is 357 g/mol. The van der Waals surface area contributed by atoms with E-state index in [0.717, 1.165) is 24.3 Å². The van der Waals surface area contributed by atoms with E-state index in [-0.39, 0.29) is 0 Å². The van der Waals surface area contributed by atoms with Crippen LogP contribution in [0.25, 0.3) is 10.2 Å². The van der Waals surface area contributed by atoms with Crippen LogP contribution in [-0.2, 0) is 6.54 Å². The zero-order valence-corrected chi connectivity index (χ0v) is 16.6. The standard InChI is InChI=1S/C21H31N3S/c1-15-22-19(14-24(2)17-11-7-4-8-12-17)18-13-20(25-21(18)23-15)16-9-5-3-6-10-16/h13,16-17H,3-12,14H2,1-2H3. The number of aryl methyl sites for hydroxylation is 1. The fourth-order valence-electron chi connectivity index (χ4n) is 4.71. The first kappa shape index (κ1) is 17.4.